The van der Waals surface area contributed by atoms with E-state index >= 15 is 0 Å². The van der Waals surface area contributed by atoms with Gasteiger partial charge in [-0.25, -0.2) is 4.98 Å². The molecule has 0 spiro atoms. The summed E-state index contributed by atoms with van der Waals surface area (Å²) in [6.45, 7) is 5.56. The van der Waals surface area contributed by atoms with Crippen molar-refractivity contribution in [2.45, 2.75) is 20.8 Å². The molecule has 1 heterocycles. The molecule has 0 saturated carbocycles. The maximum Gasteiger partial charge on any atom is 0.229 e. The average Bonchev–Trinajstić information content (AvgIpc) is 2.19. The molecule has 1 N–H and O–H groups in total. The van der Waals surface area contributed by atoms with Crippen molar-refractivity contribution in [2.24, 2.45) is 5.41 Å². The van der Waals surface area contributed by atoms with Gasteiger partial charge in [-0.2, -0.15) is 0 Å². The second-order valence-corrected chi connectivity index (χ2v) is 5.15. The van der Waals surface area contributed by atoms with Crippen LogP contribution in [0, 0.1) is 5.41 Å². The second-order valence-electron chi connectivity index (χ2n) is 4.40. The Morgan fingerprint density at radius 1 is 1.44 bits per heavy atom. The van der Waals surface area contributed by atoms with Gasteiger partial charge in [0, 0.05) is 11.5 Å². The Hall–Kier alpha value is -1.10. The third-order valence-corrected chi connectivity index (χ3v) is 2.57. The summed E-state index contributed by atoms with van der Waals surface area (Å²) >= 11 is 3.28. The van der Waals surface area contributed by atoms with Crippen LogP contribution in [-0.4, -0.2) is 18.0 Å². The molecule has 0 saturated heterocycles. The second kappa shape index (κ2) is 4.82. The molecule has 0 atom stereocenters. The van der Waals surface area contributed by atoms with Crippen LogP contribution < -0.4 is 10.1 Å². The fourth-order valence-electron chi connectivity index (χ4n) is 0.934. The molecule has 0 bridgehead atoms. The molecule has 0 aliphatic rings. The van der Waals surface area contributed by atoms with Gasteiger partial charge >= 0.3 is 0 Å². The van der Waals surface area contributed by atoms with Gasteiger partial charge in [0.1, 0.15) is 4.60 Å². The first-order chi connectivity index (χ1) is 7.34. The van der Waals surface area contributed by atoms with E-state index in [9.17, 15) is 4.79 Å². The number of halogens is 1. The van der Waals surface area contributed by atoms with Crippen molar-refractivity contribution in [1.82, 2.24) is 4.98 Å². The number of nitrogens with zero attached hydrogens (tertiary/aromatic N) is 1. The molecule has 4 nitrogen and oxygen atoms in total. The van der Waals surface area contributed by atoms with Crippen LogP contribution in [0.1, 0.15) is 20.8 Å². The summed E-state index contributed by atoms with van der Waals surface area (Å²) < 4.78 is 5.53. The lowest BCUT2D eigenvalue weighted by Crippen LogP contribution is -2.27. The van der Waals surface area contributed by atoms with Crippen LogP contribution in [0.4, 0.5) is 5.69 Å². The van der Waals surface area contributed by atoms with Crippen LogP contribution in [0.25, 0.3) is 0 Å². The largest absolute Gasteiger partial charge is 0.481 e. The lowest BCUT2D eigenvalue weighted by Gasteiger charge is -2.18. The van der Waals surface area contributed by atoms with E-state index in [-0.39, 0.29) is 5.91 Å². The Bertz CT molecular complexity index is 399. The number of amides is 1. The van der Waals surface area contributed by atoms with Crippen molar-refractivity contribution < 1.29 is 9.53 Å². The predicted molar refractivity (Wildman–Crippen MR) is 66.6 cm³/mol. The number of carbonyl (C=O) groups excluding carboxylic acids is 1. The minimum absolute atomic E-state index is 0.0554. The van der Waals surface area contributed by atoms with Gasteiger partial charge in [-0.15, -0.1) is 0 Å². The highest BCUT2D eigenvalue weighted by Gasteiger charge is 2.22. The molecule has 0 fully saturated rings. The summed E-state index contributed by atoms with van der Waals surface area (Å²) in [6, 6.07) is 3.45. The van der Waals surface area contributed by atoms with E-state index in [1.54, 1.807) is 19.2 Å². The first kappa shape index (κ1) is 13.0. The van der Waals surface area contributed by atoms with Crippen molar-refractivity contribution in [1.29, 1.82) is 0 Å². The van der Waals surface area contributed by atoms with Crippen molar-refractivity contribution in [3.8, 4) is 5.88 Å². The molecule has 1 aromatic rings. The van der Waals surface area contributed by atoms with E-state index in [1.165, 1.54) is 0 Å². The van der Waals surface area contributed by atoms with Crippen LogP contribution in [0.2, 0.25) is 0 Å². The molecule has 1 rings (SSSR count). The summed E-state index contributed by atoms with van der Waals surface area (Å²) in [4.78, 5) is 15.9. The highest BCUT2D eigenvalue weighted by Crippen LogP contribution is 2.25. The molecule has 88 valence electrons. The van der Waals surface area contributed by atoms with E-state index in [1.807, 2.05) is 20.8 Å². The molecule has 0 aliphatic heterocycles. The van der Waals surface area contributed by atoms with Crippen molar-refractivity contribution in [3.05, 3.63) is 16.7 Å². The maximum absolute atomic E-state index is 11.7. The maximum atomic E-state index is 11.7. The van der Waals surface area contributed by atoms with E-state index in [0.717, 1.165) is 0 Å². The molecule has 0 aliphatic carbocycles. The van der Waals surface area contributed by atoms with E-state index in [2.05, 4.69) is 26.2 Å². The molecular formula is C11H15BrN2O2. The number of methoxy groups -OCH3 is 1. The Morgan fingerprint density at radius 3 is 2.50 bits per heavy atom. The van der Waals surface area contributed by atoms with Crippen LogP contribution >= 0.6 is 15.9 Å². The minimum atomic E-state index is -0.431. The number of aromatic nitrogens is 1. The van der Waals surface area contributed by atoms with Crippen LogP contribution in [0.5, 0.6) is 5.88 Å². The standard InChI is InChI=1S/C11H15BrN2O2/c1-11(2,3)10(15)13-7-5-6-8(16-4)14-9(7)12/h5-6H,1-4H3,(H,13,15). The quantitative estimate of drug-likeness (QED) is 0.851. The van der Waals surface area contributed by atoms with E-state index in [0.29, 0.717) is 16.2 Å². The van der Waals surface area contributed by atoms with E-state index < -0.39 is 5.41 Å². The first-order valence-electron chi connectivity index (χ1n) is 4.86. The number of anilines is 1. The number of hydrogen-bond acceptors (Lipinski definition) is 3. The van der Waals surface area contributed by atoms with Crippen LogP contribution in [0.3, 0.4) is 0 Å². The van der Waals surface area contributed by atoms with Gasteiger partial charge < -0.3 is 10.1 Å². The SMILES string of the molecule is COc1ccc(NC(=O)C(C)(C)C)c(Br)n1. The predicted octanol–water partition coefficient (Wildman–Crippen LogP) is 2.84. The number of carbonyl (C=O) groups is 1. The highest BCUT2D eigenvalue weighted by molar-refractivity contribution is 9.10. The Morgan fingerprint density at radius 2 is 2.06 bits per heavy atom. The van der Waals surface area contributed by atoms with Gasteiger partial charge in [-0.3, -0.25) is 4.79 Å². The molecule has 0 aromatic carbocycles. The zero-order chi connectivity index (χ0) is 12.3. The molecule has 5 heteroatoms. The van der Waals surface area contributed by atoms with Gasteiger partial charge in [0.15, 0.2) is 0 Å². The van der Waals surface area contributed by atoms with Crippen molar-refractivity contribution in [3.63, 3.8) is 0 Å². The lowest BCUT2D eigenvalue weighted by atomic mass is 9.96. The summed E-state index contributed by atoms with van der Waals surface area (Å²) in [5.41, 5.74) is 0.208. The summed E-state index contributed by atoms with van der Waals surface area (Å²) in [5.74, 6) is 0.445. The van der Waals surface area contributed by atoms with Gasteiger partial charge in [-0.05, 0) is 22.0 Å². The van der Waals surface area contributed by atoms with Crippen molar-refractivity contribution in [2.75, 3.05) is 12.4 Å². The topological polar surface area (TPSA) is 51.2 Å². The van der Waals surface area contributed by atoms with Crippen LogP contribution in [-0.2, 0) is 4.79 Å². The van der Waals surface area contributed by atoms with Gasteiger partial charge in [-0.1, -0.05) is 20.8 Å². The summed E-state index contributed by atoms with van der Waals surface area (Å²) in [6.07, 6.45) is 0. The monoisotopic (exact) mass is 286 g/mol. The number of hydrogen-bond donors (Lipinski definition) is 1. The number of nitrogens with one attached hydrogen (secondary N) is 1. The fourth-order valence-corrected chi connectivity index (χ4v) is 1.34. The molecule has 1 aromatic heterocycles. The number of ether oxygens (including phenoxy) is 1. The normalized spacial score (nSPS) is 11.1. The zero-order valence-electron chi connectivity index (χ0n) is 9.80. The van der Waals surface area contributed by atoms with Gasteiger partial charge in [0.2, 0.25) is 11.8 Å². The third-order valence-electron chi connectivity index (χ3n) is 1.96. The van der Waals surface area contributed by atoms with Gasteiger partial charge in [0.05, 0.1) is 12.8 Å². The smallest absolute Gasteiger partial charge is 0.229 e. The molecule has 1 amide bonds. The molecule has 0 unspecified atom stereocenters. The Balaban J connectivity index is 2.87. The number of pyridine rings is 1. The minimum Gasteiger partial charge on any atom is -0.481 e. The average molecular weight is 287 g/mol. The van der Waals surface area contributed by atoms with E-state index in [4.69, 9.17) is 4.74 Å². The Labute approximate surface area is 104 Å². The third kappa shape index (κ3) is 3.20. The fraction of sp³-hybridized carbons (Fsp3) is 0.455. The summed E-state index contributed by atoms with van der Waals surface area (Å²) in [5, 5.41) is 2.80. The Kier molecular flexibility index (Phi) is 3.91. The lowest BCUT2D eigenvalue weighted by molar-refractivity contribution is -0.123. The highest BCUT2D eigenvalue weighted by atomic mass is 79.9. The molecular weight excluding hydrogens is 272 g/mol. The van der Waals surface area contributed by atoms with Crippen LogP contribution in [0.15, 0.2) is 16.7 Å². The summed E-state index contributed by atoms with van der Waals surface area (Å²) in [7, 11) is 1.54. The van der Waals surface area contributed by atoms with Gasteiger partial charge in [0.25, 0.3) is 0 Å². The van der Waals surface area contributed by atoms with Crippen molar-refractivity contribution >= 4 is 27.5 Å². The molecule has 16 heavy (non-hydrogen) atoms. The molecule has 0 radical (unpaired) electrons. The first-order valence-corrected chi connectivity index (χ1v) is 5.66. The zero-order valence-corrected chi connectivity index (χ0v) is 11.4. The number of rotatable bonds is 2.